The average molecular weight is 641 g/mol. The number of amides is 2. The number of hydrogen-bond donors (Lipinski definition) is 1. The van der Waals surface area contributed by atoms with Crippen molar-refractivity contribution in [3.8, 4) is 0 Å². The Morgan fingerprint density at radius 1 is 0.925 bits per heavy atom. The van der Waals surface area contributed by atoms with Gasteiger partial charge in [0.2, 0.25) is 11.8 Å². The van der Waals surface area contributed by atoms with Crippen LogP contribution >= 0.6 is 15.9 Å². The topological polar surface area (TPSA) is 86.8 Å². The molecule has 0 fully saturated rings. The Balaban J connectivity index is 2.08. The molecule has 3 rings (SSSR count). The number of benzene rings is 3. The Labute approximate surface area is 240 Å². The molecule has 0 aliphatic carbocycles. The molecular weight excluding hydrogens is 611 g/mol. The second-order valence-corrected chi connectivity index (χ2v) is 12.1. The van der Waals surface area contributed by atoms with Gasteiger partial charge in [-0.2, -0.15) is 13.2 Å². The van der Waals surface area contributed by atoms with Crippen LogP contribution in [0.5, 0.6) is 0 Å². The van der Waals surface area contributed by atoms with Gasteiger partial charge in [-0.05, 0) is 68.8 Å². The summed E-state index contributed by atoms with van der Waals surface area (Å²) in [6, 6.07) is 16.7. The van der Waals surface area contributed by atoms with Crippen molar-refractivity contribution in [2.45, 2.75) is 50.5 Å². The number of halogens is 4. The molecule has 0 aromatic heterocycles. The average Bonchev–Trinajstić information content (AvgIpc) is 2.89. The van der Waals surface area contributed by atoms with Crippen LogP contribution in [0.1, 0.15) is 31.9 Å². The van der Waals surface area contributed by atoms with E-state index in [1.54, 1.807) is 44.2 Å². The lowest BCUT2D eigenvalue weighted by Gasteiger charge is -2.32. The number of alkyl halides is 3. The maximum Gasteiger partial charge on any atom is 0.416 e. The lowest BCUT2D eigenvalue weighted by molar-refractivity contribution is -0.139. The van der Waals surface area contributed by atoms with Gasteiger partial charge in [-0.3, -0.25) is 13.9 Å². The van der Waals surface area contributed by atoms with Gasteiger partial charge >= 0.3 is 6.18 Å². The molecule has 3 aromatic rings. The van der Waals surface area contributed by atoms with Crippen LogP contribution in [-0.4, -0.2) is 43.8 Å². The number of hydrogen-bond acceptors (Lipinski definition) is 4. The number of anilines is 1. The van der Waals surface area contributed by atoms with E-state index in [1.807, 2.05) is 0 Å². The normalized spacial score (nSPS) is 12.6. The van der Waals surface area contributed by atoms with Crippen molar-refractivity contribution in [3.63, 3.8) is 0 Å². The van der Waals surface area contributed by atoms with Gasteiger partial charge in [0, 0.05) is 17.1 Å². The molecule has 2 amide bonds. The molecule has 0 saturated carbocycles. The highest BCUT2D eigenvalue weighted by molar-refractivity contribution is 9.10. The van der Waals surface area contributed by atoms with E-state index in [-0.39, 0.29) is 23.2 Å². The first-order valence-electron chi connectivity index (χ1n) is 12.3. The molecule has 1 atom stereocenters. The van der Waals surface area contributed by atoms with E-state index >= 15 is 0 Å². The van der Waals surface area contributed by atoms with E-state index in [0.29, 0.717) is 15.9 Å². The molecule has 3 aromatic carbocycles. The van der Waals surface area contributed by atoms with Crippen molar-refractivity contribution in [2.75, 3.05) is 10.8 Å². The summed E-state index contributed by atoms with van der Waals surface area (Å²) >= 11 is 3.37. The summed E-state index contributed by atoms with van der Waals surface area (Å²) in [5.74, 6) is -1.24. The van der Waals surface area contributed by atoms with E-state index in [2.05, 4.69) is 21.2 Å². The van der Waals surface area contributed by atoms with Crippen LogP contribution < -0.4 is 9.62 Å². The van der Waals surface area contributed by atoms with Crippen LogP contribution in [0.2, 0.25) is 0 Å². The van der Waals surface area contributed by atoms with Crippen molar-refractivity contribution in [2.24, 2.45) is 0 Å². The first-order chi connectivity index (χ1) is 18.7. The summed E-state index contributed by atoms with van der Waals surface area (Å²) in [6.45, 7) is 4.13. The SMILES string of the molecule is CC(C)NC(=O)[C@H](C)N(Cc1cccc(Br)c1)C(=O)CN(c1cccc(C(F)(F)F)c1)S(=O)(=O)c1ccccc1. The fourth-order valence-corrected chi connectivity index (χ4v) is 5.78. The number of rotatable bonds is 10. The maximum absolute atomic E-state index is 13.8. The Hall–Kier alpha value is -3.38. The number of carbonyl (C=O) groups excluding carboxylic acids is 2. The van der Waals surface area contributed by atoms with E-state index in [1.165, 1.54) is 42.2 Å². The number of sulfonamides is 1. The van der Waals surface area contributed by atoms with Crippen molar-refractivity contribution < 1.29 is 31.2 Å². The van der Waals surface area contributed by atoms with Crippen LogP contribution in [0.4, 0.5) is 18.9 Å². The first kappa shape index (κ1) is 31.2. The Kier molecular flexibility index (Phi) is 10.0. The molecule has 12 heteroatoms. The summed E-state index contributed by atoms with van der Waals surface area (Å²) in [5.41, 5.74) is -0.751. The smallest absolute Gasteiger partial charge is 0.352 e. The summed E-state index contributed by atoms with van der Waals surface area (Å²) in [4.78, 5) is 27.7. The van der Waals surface area contributed by atoms with Crippen LogP contribution in [0.15, 0.2) is 88.2 Å². The Morgan fingerprint density at radius 3 is 2.17 bits per heavy atom. The third kappa shape index (κ3) is 7.85. The van der Waals surface area contributed by atoms with Gasteiger partial charge in [0.1, 0.15) is 12.6 Å². The van der Waals surface area contributed by atoms with E-state index in [4.69, 9.17) is 0 Å². The minimum Gasteiger partial charge on any atom is -0.352 e. The lowest BCUT2D eigenvalue weighted by atomic mass is 10.1. The molecule has 0 unspecified atom stereocenters. The summed E-state index contributed by atoms with van der Waals surface area (Å²) in [6.07, 6.45) is -4.74. The molecule has 0 radical (unpaired) electrons. The van der Waals surface area contributed by atoms with Gasteiger partial charge in [0.25, 0.3) is 10.0 Å². The summed E-state index contributed by atoms with van der Waals surface area (Å²) < 4.78 is 69.3. The number of nitrogens with zero attached hydrogens (tertiary/aromatic N) is 2. The molecule has 0 saturated heterocycles. The molecule has 0 aliphatic rings. The van der Waals surface area contributed by atoms with Gasteiger partial charge in [0.05, 0.1) is 16.1 Å². The quantitative estimate of drug-likeness (QED) is 0.313. The van der Waals surface area contributed by atoms with E-state index < -0.39 is 46.2 Å². The third-order valence-corrected chi connectivity index (χ3v) is 8.19. The number of carbonyl (C=O) groups is 2. The zero-order chi connectivity index (χ0) is 29.7. The van der Waals surface area contributed by atoms with Crippen molar-refractivity contribution >= 4 is 43.5 Å². The van der Waals surface area contributed by atoms with Crippen LogP contribution in [0.3, 0.4) is 0 Å². The van der Waals surface area contributed by atoms with Gasteiger partial charge < -0.3 is 10.2 Å². The zero-order valence-electron chi connectivity index (χ0n) is 22.0. The second kappa shape index (κ2) is 12.9. The highest BCUT2D eigenvalue weighted by atomic mass is 79.9. The van der Waals surface area contributed by atoms with Crippen molar-refractivity contribution in [3.05, 3.63) is 94.5 Å². The van der Waals surface area contributed by atoms with Gasteiger partial charge in [-0.25, -0.2) is 8.42 Å². The molecule has 0 spiro atoms. The van der Waals surface area contributed by atoms with Crippen molar-refractivity contribution in [1.82, 2.24) is 10.2 Å². The largest absolute Gasteiger partial charge is 0.416 e. The molecule has 214 valence electrons. The van der Waals surface area contributed by atoms with Crippen LogP contribution in [-0.2, 0) is 32.3 Å². The third-order valence-electron chi connectivity index (χ3n) is 5.91. The molecular formula is C28H29BrF3N3O4S. The van der Waals surface area contributed by atoms with Crippen LogP contribution in [0.25, 0.3) is 0 Å². The molecule has 0 heterocycles. The Morgan fingerprint density at radius 2 is 1.57 bits per heavy atom. The fourth-order valence-electron chi connectivity index (χ4n) is 3.91. The highest BCUT2D eigenvalue weighted by Crippen LogP contribution is 2.33. The van der Waals surface area contributed by atoms with Gasteiger partial charge in [-0.15, -0.1) is 0 Å². The molecule has 40 heavy (non-hydrogen) atoms. The molecule has 0 aliphatic heterocycles. The summed E-state index contributed by atoms with van der Waals surface area (Å²) in [7, 11) is -4.48. The highest BCUT2D eigenvalue weighted by Gasteiger charge is 2.35. The minimum absolute atomic E-state index is 0.0488. The Bertz CT molecular complexity index is 1450. The standard InChI is InChI=1S/C28H29BrF3N3O4S/c1-19(2)33-27(37)20(3)34(17-21-9-7-11-23(29)15-21)26(36)18-35(40(38,39)25-13-5-4-6-14-25)24-12-8-10-22(16-24)28(30,31)32/h4-16,19-20H,17-18H2,1-3H3,(H,33,37)/t20-/m0/s1. The van der Waals surface area contributed by atoms with E-state index in [0.717, 1.165) is 16.6 Å². The fraction of sp³-hybridized carbons (Fsp3) is 0.286. The predicted molar refractivity (Wildman–Crippen MR) is 150 cm³/mol. The van der Waals surface area contributed by atoms with Crippen molar-refractivity contribution in [1.29, 1.82) is 0 Å². The first-order valence-corrected chi connectivity index (χ1v) is 14.5. The monoisotopic (exact) mass is 639 g/mol. The number of nitrogens with one attached hydrogen (secondary N) is 1. The van der Waals surface area contributed by atoms with Gasteiger partial charge in [-0.1, -0.05) is 52.3 Å². The second-order valence-electron chi connectivity index (χ2n) is 9.36. The maximum atomic E-state index is 13.8. The molecule has 0 bridgehead atoms. The predicted octanol–water partition coefficient (Wildman–Crippen LogP) is 5.61. The molecule has 7 nitrogen and oxygen atoms in total. The minimum atomic E-state index is -4.74. The van der Waals surface area contributed by atoms with Gasteiger partial charge in [0.15, 0.2) is 0 Å². The van der Waals surface area contributed by atoms with E-state index in [9.17, 15) is 31.2 Å². The zero-order valence-corrected chi connectivity index (χ0v) is 24.4. The summed E-state index contributed by atoms with van der Waals surface area (Å²) in [5, 5.41) is 2.74. The lowest BCUT2D eigenvalue weighted by Crippen LogP contribution is -2.52. The molecule has 1 N–H and O–H groups in total. The van der Waals surface area contributed by atoms with Crippen LogP contribution in [0, 0.1) is 0 Å².